The number of hydrogen-bond donors (Lipinski definition) is 4. The first-order chi connectivity index (χ1) is 17.8. The highest BCUT2D eigenvalue weighted by Gasteiger charge is 2.20. The highest BCUT2D eigenvalue weighted by molar-refractivity contribution is 6.15. The van der Waals surface area contributed by atoms with Crippen LogP contribution in [0.3, 0.4) is 0 Å². The summed E-state index contributed by atoms with van der Waals surface area (Å²) >= 11 is 0. The van der Waals surface area contributed by atoms with Crippen molar-refractivity contribution in [1.29, 1.82) is 5.41 Å². The van der Waals surface area contributed by atoms with Crippen molar-refractivity contribution in [2.45, 2.75) is 19.9 Å². The number of nitrogen functional groups attached to an aromatic ring is 1. The largest absolute Gasteiger partial charge is 0.383 e. The van der Waals surface area contributed by atoms with Crippen LogP contribution in [0.25, 0.3) is 27.9 Å². The molecule has 1 aliphatic rings. The molecule has 9 nitrogen and oxygen atoms in total. The van der Waals surface area contributed by atoms with Gasteiger partial charge in [-0.15, -0.1) is 0 Å². The van der Waals surface area contributed by atoms with E-state index in [0.29, 0.717) is 28.8 Å². The van der Waals surface area contributed by atoms with E-state index in [4.69, 9.17) is 11.1 Å². The lowest BCUT2D eigenvalue weighted by molar-refractivity contribution is -0.124. The van der Waals surface area contributed by atoms with E-state index in [-0.39, 0.29) is 41.0 Å². The Bertz CT molecular complexity index is 1570. The lowest BCUT2D eigenvalue weighted by atomic mass is 10.00. The summed E-state index contributed by atoms with van der Waals surface area (Å²) in [6, 6.07) is 9.44. The van der Waals surface area contributed by atoms with Gasteiger partial charge in [0, 0.05) is 41.2 Å². The Kier molecular flexibility index (Phi) is 6.31. The van der Waals surface area contributed by atoms with Gasteiger partial charge in [-0.25, -0.2) is 19.3 Å². The summed E-state index contributed by atoms with van der Waals surface area (Å²) in [6.07, 6.45) is 6.89. The Balaban J connectivity index is 1.47. The third kappa shape index (κ3) is 4.86. The molecule has 1 amide bonds. The number of imidazole rings is 1. The molecular formula is C27H25FN8O. The molecule has 10 heteroatoms. The van der Waals surface area contributed by atoms with Crippen molar-refractivity contribution in [2.75, 3.05) is 12.3 Å². The molecule has 4 heterocycles. The molecule has 37 heavy (non-hydrogen) atoms. The third-order valence-electron chi connectivity index (χ3n) is 6.06. The second kappa shape index (κ2) is 9.73. The van der Waals surface area contributed by atoms with E-state index in [2.05, 4.69) is 30.2 Å². The minimum atomic E-state index is -0.326. The summed E-state index contributed by atoms with van der Waals surface area (Å²) < 4.78 is 13.4. The first kappa shape index (κ1) is 24.0. The molecule has 0 aliphatic carbocycles. The monoisotopic (exact) mass is 496 g/mol. The van der Waals surface area contributed by atoms with E-state index < -0.39 is 0 Å². The summed E-state index contributed by atoms with van der Waals surface area (Å²) in [5.74, 6) is -0.0489. The molecule has 0 saturated carbocycles. The first-order valence-electron chi connectivity index (χ1n) is 11.8. The second-order valence-corrected chi connectivity index (χ2v) is 9.07. The Morgan fingerprint density at radius 1 is 1.19 bits per heavy atom. The van der Waals surface area contributed by atoms with Gasteiger partial charge < -0.3 is 16.0 Å². The number of aliphatic imine (C=N–C) groups is 1. The number of benzene rings is 1. The van der Waals surface area contributed by atoms with Crippen molar-refractivity contribution in [1.82, 2.24) is 25.3 Å². The van der Waals surface area contributed by atoms with Gasteiger partial charge in [0.1, 0.15) is 22.9 Å². The lowest BCUT2D eigenvalue weighted by Gasteiger charge is -2.19. The molecule has 1 atom stereocenters. The summed E-state index contributed by atoms with van der Waals surface area (Å²) in [6.45, 7) is 4.13. The molecule has 5 rings (SSSR count). The molecule has 0 bridgehead atoms. The van der Waals surface area contributed by atoms with Gasteiger partial charge in [-0.3, -0.25) is 15.2 Å². The van der Waals surface area contributed by atoms with Crippen LogP contribution in [0.1, 0.15) is 30.8 Å². The molecule has 1 aliphatic heterocycles. The van der Waals surface area contributed by atoms with Crippen LogP contribution >= 0.6 is 0 Å². The zero-order valence-electron chi connectivity index (χ0n) is 20.3. The van der Waals surface area contributed by atoms with Gasteiger partial charge in [0.25, 0.3) is 0 Å². The van der Waals surface area contributed by atoms with Gasteiger partial charge in [-0.2, -0.15) is 0 Å². The van der Waals surface area contributed by atoms with Crippen LogP contribution in [0.5, 0.6) is 0 Å². The van der Waals surface area contributed by atoms with E-state index >= 15 is 0 Å². The van der Waals surface area contributed by atoms with Crippen LogP contribution in [0.15, 0.2) is 59.9 Å². The molecule has 1 unspecified atom stereocenters. The minimum absolute atomic E-state index is 0.0471. The van der Waals surface area contributed by atoms with E-state index in [1.54, 1.807) is 42.9 Å². The molecule has 3 aromatic heterocycles. The van der Waals surface area contributed by atoms with Gasteiger partial charge in [0.05, 0.1) is 12.6 Å². The number of hydrogen-bond acceptors (Lipinski definition) is 7. The predicted molar refractivity (Wildman–Crippen MR) is 142 cm³/mol. The number of dihydropyridines is 1. The molecule has 1 aromatic carbocycles. The highest BCUT2D eigenvalue weighted by Crippen LogP contribution is 2.28. The van der Waals surface area contributed by atoms with Crippen LogP contribution in [-0.4, -0.2) is 50.4 Å². The molecule has 5 N–H and O–H groups in total. The maximum Gasteiger partial charge on any atom is 0.223 e. The lowest BCUT2D eigenvalue weighted by Crippen LogP contribution is -2.39. The molecule has 0 spiro atoms. The maximum absolute atomic E-state index is 13.4. The Hall–Kier alpha value is -4.73. The van der Waals surface area contributed by atoms with Crippen molar-refractivity contribution in [2.24, 2.45) is 10.9 Å². The number of nitrogens with one attached hydrogen (secondary N) is 3. The Morgan fingerprint density at radius 2 is 1.97 bits per heavy atom. The number of fused-ring (bicyclic) bond motifs is 1. The normalized spacial score (nSPS) is 15.1. The number of aromatic amines is 1. The van der Waals surface area contributed by atoms with Crippen molar-refractivity contribution in [3.05, 3.63) is 77.6 Å². The molecular weight excluding hydrogens is 471 g/mol. The van der Waals surface area contributed by atoms with Crippen LogP contribution in [0, 0.1) is 17.1 Å². The quantitative estimate of drug-likeness (QED) is 0.300. The van der Waals surface area contributed by atoms with Gasteiger partial charge in [-0.05, 0) is 35.4 Å². The number of halogens is 1. The summed E-state index contributed by atoms with van der Waals surface area (Å²) in [5, 5.41) is 11.8. The van der Waals surface area contributed by atoms with Crippen LogP contribution in [-0.2, 0) is 4.79 Å². The van der Waals surface area contributed by atoms with Crippen LogP contribution in [0.2, 0.25) is 0 Å². The van der Waals surface area contributed by atoms with Crippen LogP contribution in [0.4, 0.5) is 10.2 Å². The number of nitrogens with zero attached hydrogens (tertiary/aromatic N) is 4. The average molecular weight is 497 g/mol. The molecule has 0 radical (unpaired) electrons. The summed E-state index contributed by atoms with van der Waals surface area (Å²) in [4.78, 5) is 32.9. The van der Waals surface area contributed by atoms with Crippen molar-refractivity contribution < 1.29 is 9.18 Å². The SMILES string of the molecule is CC(C)C(=O)NC1C=C(c2cnc(N)c(C(=N)c3nc4c(-c5ccc(F)cc5)ccnc4[nH]3)c2)C=NC1. The van der Waals surface area contributed by atoms with Crippen molar-refractivity contribution in [3.8, 4) is 11.1 Å². The average Bonchev–Trinajstić information content (AvgIpc) is 3.34. The zero-order valence-corrected chi connectivity index (χ0v) is 20.3. The maximum atomic E-state index is 13.4. The fraction of sp³-hybridized carbons (Fsp3) is 0.185. The second-order valence-electron chi connectivity index (χ2n) is 9.07. The third-order valence-corrected chi connectivity index (χ3v) is 6.06. The number of allylic oxidation sites excluding steroid dienone is 1. The number of pyridine rings is 2. The predicted octanol–water partition coefficient (Wildman–Crippen LogP) is 3.77. The number of amides is 1. The number of rotatable bonds is 6. The molecule has 0 fully saturated rings. The van der Waals surface area contributed by atoms with Crippen molar-refractivity contribution >= 4 is 40.4 Å². The minimum Gasteiger partial charge on any atom is -0.383 e. The van der Waals surface area contributed by atoms with E-state index in [0.717, 1.165) is 16.7 Å². The topological polar surface area (TPSA) is 146 Å². The molecule has 4 aromatic rings. The standard InChI is InChI=1S/C27H25FN8O/c1-14(2)27(37)34-19-9-16(11-31-13-19)17-10-21(24(30)33-12-17)22(29)25-35-23-20(7-8-32-26(23)36-25)15-3-5-18(28)6-4-15/h3-12,14,19,29H,13H2,1-2H3,(H2,30,33)(H,34,37)(H,32,35,36). The van der Waals surface area contributed by atoms with Gasteiger partial charge in [0.15, 0.2) is 11.5 Å². The number of carbonyl (C=O) groups is 1. The van der Waals surface area contributed by atoms with Gasteiger partial charge >= 0.3 is 0 Å². The zero-order chi connectivity index (χ0) is 26.1. The van der Waals surface area contributed by atoms with Crippen molar-refractivity contribution in [3.63, 3.8) is 0 Å². The van der Waals surface area contributed by atoms with Crippen LogP contribution < -0.4 is 11.1 Å². The summed E-state index contributed by atoms with van der Waals surface area (Å²) in [5.41, 5.74) is 10.7. The fourth-order valence-electron chi connectivity index (χ4n) is 4.04. The number of H-pyrrole nitrogens is 1. The number of nitrogens with two attached hydrogens (primary N) is 1. The van der Waals surface area contributed by atoms with Gasteiger partial charge in [0.2, 0.25) is 5.91 Å². The molecule has 0 saturated heterocycles. The number of aromatic nitrogens is 4. The molecule has 186 valence electrons. The Labute approximate surface area is 212 Å². The Morgan fingerprint density at radius 3 is 2.73 bits per heavy atom. The number of anilines is 1. The van der Waals surface area contributed by atoms with Gasteiger partial charge in [-0.1, -0.05) is 32.1 Å². The van der Waals surface area contributed by atoms with E-state index in [1.165, 1.54) is 12.1 Å². The number of carbonyl (C=O) groups excluding carboxylic acids is 1. The fourth-order valence-corrected chi connectivity index (χ4v) is 4.04. The smallest absolute Gasteiger partial charge is 0.223 e. The first-order valence-corrected chi connectivity index (χ1v) is 11.8. The van der Waals surface area contributed by atoms with E-state index in [9.17, 15) is 9.18 Å². The summed E-state index contributed by atoms with van der Waals surface area (Å²) in [7, 11) is 0. The highest BCUT2D eigenvalue weighted by atomic mass is 19.1. The van der Waals surface area contributed by atoms with E-state index in [1.807, 2.05) is 19.9 Å².